The highest BCUT2D eigenvalue weighted by atomic mass is 32.1. The Hall–Kier alpha value is -2.11. The molecular weight excluding hydrogens is 306 g/mol. The van der Waals surface area contributed by atoms with Gasteiger partial charge in [0.15, 0.2) is 0 Å². The minimum atomic E-state index is 0.730. The molecular formula is C18H19N3OS. The van der Waals surface area contributed by atoms with E-state index in [4.69, 9.17) is 9.40 Å². The Morgan fingerprint density at radius 1 is 1.26 bits per heavy atom. The zero-order chi connectivity index (χ0) is 15.6. The van der Waals surface area contributed by atoms with Crippen molar-refractivity contribution in [2.45, 2.75) is 20.0 Å². The van der Waals surface area contributed by atoms with Gasteiger partial charge in [0.2, 0.25) is 5.89 Å². The van der Waals surface area contributed by atoms with Crippen LogP contribution in [0.3, 0.4) is 0 Å². The molecule has 0 saturated heterocycles. The summed E-state index contributed by atoms with van der Waals surface area (Å²) in [6.07, 6.45) is 0. The van der Waals surface area contributed by atoms with E-state index in [2.05, 4.69) is 34.5 Å². The van der Waals surface area contributed by atoms with E-state index in [1.54, 1.807) is 11.3 Å². The van der Waals surface area contributed by atoms with Gasteiger partial charge in [0.1, 0.15) is 11.5 Å². The Morgan fingerprint density at radius 3 is 3.04 bits per heavy atom. The predicted molar refractivity (Wildman–Crippen MR) is 93.8 cm³/mol. The van der Waals surface area contributed by atoms with Crippen molar-refractivity contribution in [3.8, 4) is 10.8 Å². The number of thiophene rings is 1. The van der Waals surface area contributed by atoms with E-state index in [0.717, 1.165) is 48.4 Å². The molecule has 2 aromatic heterocycles. The van der Waals surface area contributed by atoms with Crippen molar-refractivity contribution in [1.29, 1.82) is 0 Å². The monoisotopic (exact) mass is 325 g/mol. The number of hydrogen-bond donors (Lipinski definition) is 1. The summed E-state index contributed by atoms with van der Waals surface area (Å²) < 4.78 is 5.88. The maximum absolute atomic E-state index is 5.88. The maximum atomic E-state index is 5.88. The van der Waals surface area contributed by atoms with Crippen molar-refractivity contribution >= 4 is 17.0 Å². The maximum Gasteiger partial charge on any atom is 0.236 e. The standard InChI is InChI=1S/C18H19N3OS/c1-13-15(20-18(22-13)17-7-4-10-23-17)12-21-9-8-19-11-14-5-2-3-6-16(14)21/h2-7,10,19H,8-9,11-12H2,1H3. The molecule has 5 heteroatoms. The lowest BCUT2D eigenvalue weighted by Gasteiger charge is -2.23. The van der Waals surface area contributed by atoms with E-state index >= 15 is 0 Å². The molecule has 1 aromatic carbocycles. The van der Waals surface area contributed by atoms with Crippen LogP contribution in [-0.2, 0) is 13.1 Å². The lowest BCUT2D eigenvalue weighted by Crippen LogP contribution is -2.28. The Kier molecular flexibility index (Phi) is 3.89. The van der Waals surface area contributed by atoms with Gasteiger partial charge in [0.25, 0.3) is 0 Å². The lowest BCUT2D eigenvalue weighted by molar-refractivity contribution is 0.540. The van der Waals surface area contributed by atoms with Crippen LogP contribution < -0.4 is 10.2 Å². The Labute approximate surface area is 139 Å². The normalized spacial score (nSPS) is 14.6. The lowest BCUT2D eigenvalue weighted by atomic mass is 10.1. The van der Waals surface area contributed by atoms with Gasteiger partial charge in [-0.25, -0.2) is 4.98 Å². The molecule has 0 radical (unpaired) electrons. The van der Waals surface area contributed by atoms with Crippen LogP contribution in [0.2, 0.25) is 0 Å². The van der Waals surface area contributed by atoms with Crippen molar-refractivity contribution in [3.63, 3.8) is 0 Å². The number of hydrogen-bond acceptors (Lipinski definition) is 5. The third-order valence-corrected chi connectivity index (χ3v) is 5.03. The summed E-state index contributed by atoms with van der Waals surface area (Å²) in [5.74, 6) is 1.64. The summed E-state index contributed by atoms with van der Waals surface area (Å²) in [6, 6.07) is 12.6. The van der Waals surface area contributed by atoms with Gasteiger partial charge in [-0.05, 0) is 30.0 Å². The smallest absolute Gasteiger partial charge is 0.236 e. The SMILES string of the molecule is Cc1oc(-c2cccs2)nc1CN1CCNCc2ccccc21. The summed E-state index contributed by atoms with van der Waals surface area (Å²) in [7, 11) is 0. The van der Waals surface area contributed by atoms with E-state index in [9.17, 15) is 0 Å². The molecule has 4 nitrogen and oxygen atoms in total. The molecule has 23 heavy (non-hydrogen) atoms. The van der Waals surface area contributed by atoms with Gasteiger partial charge in [0, 0.05) is 25.3 Å². The largest absolute Gasteiger partial charge is 0.440 e. The molecule has 0 aliphatic carbocycles. The molecule has 0 spiro atoms. The molecule has 0 amide bonds. The number of rotatable bonds is 3. The van der Waals surface area contributed by atoms with E-state index < -0.39 is 0 Å². The third kappa shape index (κ3) is 2.90. The van der Waals surface area contributed by atoms with Crippen LogP contribution in [0, 0.1) is 6.92 Å². The number of aromatic nitrogens is 1. The molecule has 3 heterocycles. The van der Waals surface area contributed by atoms with Crippen molar-refractivity contribution in [2.75, 3.05) is 18.0 Å². The molecule has 0 saturated carbocycles. The highest BCUT2D eigenvalue weighted by Crippen LogP contribution is 2.28. The highest BCUT2D eigenvalue weighted by molar-refractivity contribution is 7.13. The summed E-state index contributed by atoms with van der Waals surface area (Å²) in [5.41, 5.74) is 3.65. The Bertz CT molecular complexity index is 794. The van der Waals surface area contributed by atoms with Gasteiger partial charge in [-0.1, -0.05) is 24.3 Å². The first-order chi connectivity index (χ1) is 11.3. The summed E-state index contributed by atoms with van der Waals surface area (Å²) in [4.78, 5) is 8.20. The van der Waals surface area contributed by atoms with Gasteiger partial charge >= 0.3 is 0 Å². The van der Waals surface area contributed by atoms with Gasteiger partial charge in [-0.3, -0.25) is 0 Å². The molecule has 0 bridgehead atoms. The van der Waals surface area contributed by atoms with Crippen molar-refractivity contribution < 1.29 is 4.42 Å². The number of oxazole rings is 1. The molecule has 118 valence electrons. The minimum absolute atomic E-state index is 0.730. The number of fused-ring (bicyclic) bond motifs is 1. The predicted octanol–water partition coefficient (Wildman–Crippen LogP) is 3.82. The second kappa shape index (κ2) is 6.18. The fourth-order valence-electron chi connectivity index (χ4n) is 2.95. The summed E-state index contributed by atoms with van der Waals surface area (Å²) in [5, 5.41) is 5.52. The second-order valence-corrected chi connectivity index (χ2v) is 6.67. The summed E-state index contributed by atoms with van der Waals surface area (Å²) in [6.45, 7) is 5.65. The van der Waals surface area contributed by atoms with Crippen LogP contribution in [0.25, 0.3) is 10.8 Å². The average Bonchev–Trinajstić information content (AvgIpc) is 3.16. The third-order valence-electron chi connectivity index (χ3n) is 4.17. The van der Waals surface area contributed by atoms with E-state index in [1.807, 2.05) is 24.4 Å². The van der Waals surface area contributed by atoms with Crippen molar-refractivity contribution in [3.05, 3.63) is 58.8 Å². The van der Waals surface area contributed by atoms with Crippen molar-refractivity contribution in [1.82, 2.24) is 10.3 Å². The molecule has 4 rings (SSSR count). The minimum Gasteiger partial charge on any atom is -0.440 e. The zero-order valence-electron chi connectivity index (χ0n) is 13.1. The van der Waals surface area contributed by atoms with Crippen LogP contribution in [-0.4, -0.2) is 18.1 Å². The summed E-state index contributed by atoms with van der Waals surface area (Å²) >= 11 is 1.66. The number of nitrogens with zero attached hydrogens (tertiary/aromatic N) is 2. The number of anilines is 1. The van der Waals surface area contributed by atoms with Crippen LogP contribution in [0.15, 0.2) is 46.2 Å². The fraction of sp³-hybridized carbons (Fsp3) is 0.278. The number of nitrogens with one attached hydrogen (secondary N) is 1. The highest BCUT2D eigenvalue weighted by Gasteiger charge is 2.19. The van der Waals surface area contributed by atoms with E-state index in [-0.39, 0.29) is 0 Å². The Morgan fingerprint density at radius 2 is 2.17 bits per heavy atom. The van der Waals surface area contributed by atoms with E-state index in [0.29, 0.717) is 0 Å². The fourth-order valence-corrected chi connectivity index (χ4v) is 3.60. The van der Waals surface area contributed by atoms with Crippen LogP contribution in [0.4, 0.5) is 5.69 Å². The van der Waals surface area contributed by atoms with Crippen LogP contribution in [0.1, 0.15) is 17.0 Å². The zero-order valence-corrected chi connectivity index (χ0v) is 13.9. The molecule has 1 aliphatic rings. The van der Waals surface area contributed by atoms with Gasteiger partial charge < -0.3 is 14.6 Å². The first-order valence-corrected chi connectivity index (χ1v) is 8.73. The number of para-hydroxylation sites is 1. The van der Waals surface area contributed by atoms with E-state index in [1.165, 1.54) is 11.3 Å². The topological polar surface area (TPSA) is 41.3 Å². The van der Waals surface area contributed by atoms with Crippen LogP contribution in [0.5, 0.6) is 0 Å². The molecule has 1 aliphatic heterocycles. The Balaban J connectivity index is 1.63. The van der Waals surface area contributed by atoms with Gasteiger partial charge in [-0.15, -0.1) is 11.3 Å². The molecule has 3 aromatic rings. The first kappa shape index (κ1) is 14.5. The number of aryl methyl sites for hydroxylation is 1. The second-order valence-electron chi connectivity index (χ2n) is 5.73. The molecule has 0 unspecified atom stereocenters. The molecule has 1 N–H and O–H groups in total. The first-order valence-electron chi connectivity index (χ1n) is 7.85. The van der Waals surface area contributed by atoms with Crippen molar-refractivity contribution in [2.24, 2.45) is 0 Å². The average molecular weight is 325 g/mol. The van der Waals surface area contributed by atoms with Gasteiger partial charge in [0.05, 0.1) is 11.4 Å². The molecule has 0 fully saturated rings. The van der Waals surface area contributed by atoms with Gasteiger partial charge in [-0.2, -0.15) is 0 Å². The number of benzene rings is 1. The quantitative estimate of drug-likeness (QED) is 0.795. The van der Waals surface area contributed by atoms with Crippen LogP contribution >= 0.6 is 11.3 Å². The molecule has 0 atom stereocenters.